The number of piperazine rings is 1. The maximum atomic E-state index is 12.7. The molecule has 0 aromatic heterocycles. The van der Waals surface area contributed by atoms with Gasteiger partial charge in [-0.2, -0.15) is 0 Å². The average molecular weight is 240 g/mol. The summed E-state index contributed by atoms with van der Waals surface area (Å²) in [5.74, 6) is 0. The van der Waals surface area contributed by atoms with Gasteiger partial charge in [-0.05, 0) is 5.56 Å². The molecule has 0 bridgehead atoms. The summed E-state index contributed by atoms with van der Waals surface area (Å²) >= 11 is 0. The summed E-state index contributed by atoms with van der Waals surface area (Å²) in [4.78, 5) is 2.15. The Morgan fingerprint density at radius 2 is 1.76 bits per heavy atom. The molecule has 2 nitrogen and oxygen atoms in total. The third-order valence-electron chi connectivity index (χ3n) is 3.18. The van der Waals surface area contributed by atoms with E-state index in [4.69, 9.17) is 0 Å². The highest BCUT2D eigenvalue weighted by Gasteiger charge is 2.24. The van der Waals surface area contributed by atoms with Gasteiger partial charge in [0.2, 0.25) is 6.43 Å². The zero-order valence-electron chi connectivity index (χ0n) is 9.78. The Bertz CT molecular complexity index is 323. The van der Waals surface area contributed by atoms with Crippen molar-refractivity contribution in [1.82, 2.24) is 10.2 Å². The number of halogens is 2. The Kier molecular flexibility index (Phi) is 4.45. The molecule has 2 rings (SSSR count). The molecule has 1 aromatic rings. The van der Waals surface area contributed by atoms with Gasteiger partial charge >= 0.3 is 0 Å². The normalized spacial score (nSPS) is 19.5. The van der Waals surface area contributed by atoms with Crippen LogP contribution < -0.4 is 5.32 Å². The monoisotopic (exact) mass is 240 g/mol. The molecule has 1 aliphatic heterocycles. The quantitative estimate of drug-likeness (QED) is 0.868. The molecule has 94 valence electrons. The summed E-state index contributed by atoms with van der Waals surface area (Å²) < 4.78 is 25.4. The molecule has 0 radical (unpaired) electrons. The second-order valence-corrected chi connectivity index (χ2v) is 4.34. The predicted octanol–water partition coefficient (Wildman–Crippen LogP) is 2.29. The van der Waals surface area contributed by atoms with Gasteiger partial charge in [0.05, 0.1) is 0 Å². The lowest BCUT2D eigenvalue weighted by Crippen LogP contribution is -2.45. The first-order valence-electron chi connectivity index (χ1n) is 6.05. The van der Waals surface area contributed by atoms with Gasteiger partial charge in [0.25, 0.3) is 0 Å². The molecule has 1 aromatic carbocycles. The van der Waals surface area contributed by atoms with Crippen molar-refractivity contribution in [2.75, 3.05) is 26.2 Å². The van der Waals surface area contributed by atoms with Crippen LogP contribution in [0.5, 0.6) is 0 Å². The molecule has 0 saturated carbocycles. The van der Waals surface area contributed by atoms with E-state index in [1.165, 1.54) is 0 Å². The van der Waals surface area contributed by atoms with Crippen molar-refractivity contribution in [3.05, 3.63) is 35.9 Å². The van der Waals surface area contributed by atoms with E-state index >= 15 is 0 Å². The standard InChI is InChI=1S/C13H18F2N2/c14-13(15)10-12(11-4-2-1-3-5-11)17-8-6-16-7-9-17/h1-5,12-13,16H,6-10H2/t12-/m1/s1. The van der Waals surface area contributed by atoms with Crippen molar-refractivity contribution >= 4 is 0 Å². The third kappa shape index (κ3) is 3.48. The summed E-state index contributed by atoms with van der Waals surface area (Å²) in [7, 11) is 0. The second-order valence-electron chi connectivity index (χ2n) is 4.34. The number of nitrogens with one attached hydrogen (secondary N) is 1. The Hall–Kier alpha value is -1.00. The van der Waals surface area contributed by atoms with E-state index in [1.807, 2.05) is 30.3 Å². The minimum absolute atomic E-state index is 0.0794. The van der Waals surface area contributed by atoms with Gasteiger partial charge in [-0.15, -0.1) is 0 Å². The third-order valence-corrected chi connectivity index (χ3v) is 3.18. The first kappa shape index (κ1) is 12.5. The Morgan fingerprint density at radius 1 is 1.12 bits per heavy atom. The first-order valence-corrected chi connectivity index (χ1v) is 6.05. The maximum Gasteiger partial charge on any atom is 0.240 e. The molecule has 0 unspecified atom stereocenters. The van der Waals surface area contributed by atoms with Crippen LogP contribution >= 0.6 is 0 Å². The van der Waals surface area contributed by atoms with Crippen molar-refractivity contribution in [2.45, 2.75) is 18.9 Å². The zero-order chi connectivity index (χ0) is 12.1. The predicted molar refractivity (Wildman–Crippen MR) is 64.2 cm³/mol. The van der Waals surface area contributed by atoms with Crippen molar-refractivity contribution in [3.63, 3.8) is 0 Å². The number of hydrogen-bond donors (Lipinski definition) is 1. The fourth-order valence-electron chi connectivity index (χ4n) is 2.33. The van der Waals surface area contributed by atoms with E-state index in [0.717, 1.165) is 31.7 Å². The lowest BCUT2D eigenvalue weighted by Gasteiger charge is -2.35. The van der Waals surface area contributed by atoms with Crippen molar-refractivity contribution in [2.24, 2.45) is 0 Å². The smallest absolute Gasteiger partial charge is 0.240 e. The van der Waals surface area contributed by atoms with E-state index < -0.39 is 6.43 Å². The van der Waals surface area contributed by atoms with Crippen LogP contribution in [0.15, 0.2) is 30.3 Å². The van der Waals surface area contributed by atoms with E-state index in [9.17, 15) is 8.78 Å². The molecule has 17 heavy (non-hydrogen) atoms. The number of benzene rings is 1. The van der Waals surface area contributed by atoms with Crippen LogP contribution in [0.3, 0.4) is 0 Å². The van der Waals surface area contributed by atoms with Gasteiger partial charge in [0.15, 0.2) is 0 Å². The van der Waals surface area contributed by atoms with Crippen LogP contribution in [0, 0.1) is 0 Å². The van der Waals surface area contributed by atoms with Crippen molar-refractivity contribution in [3.8, 4) is 0 Å². The van der Waals surface area contributed by atoms with Gasteiger partial charge in [-0.1, -0.05) is 30.3 Å². The molecular formula is C13H18F2N2. The minimum atomic E-state index is -2.25. The van der Waals surface area contributed by atoms with Gasteiger partial charge in [-0.25, -0.2) is 8.78 Å². The highest BCUT2D eigenvalue weighted by atomic mass is 19.3. The van der Waals surface area contributed by atoms with E-state index in [1.54, 1.807) is 0 Å². The van der Waals surface area contributed by atoms with Gasteiger partial charge < -0.3 is 5.32 Å². The van der Waals surface area contributed by atoms with Gasteiger partial charge in [-0.3, -0.25) is 4.90 Å². The summed E-state index contributed by atoms with van der Waals surface area (Å²) in [6.45, 7) is 3.44. The molecule has 1 N–H and O–H groups in total. The number of nitrogens with zero attached hydrogens (tertiary/aromatic N) is 1. The van der Waals surface area contributed by atoms with Crippen LogP contribution in [0.25, 0.3) is 0 Å². The van der Waals surface area contributed by atoms with Crippen molar-refractivity contribution < 1.29 is 8.78 Å². The summed E-state index contributed by atoms with van der Waals surface area (Å²) in [6, 6.07) is 9.47. The maximum absolute atomic E-state index is 12.7. The lowest BCUT2D eigenvalue weighted by molar-refractivity contribution is 0.0739. The molecule has 0 spiro atoms. The summed E-state index contributed by atoms with van der Waals surface area (Å²) in [5.41, 5.74) is 0.995. The number of alkyl halides is 2. The summed E-state index contributed by atoms with van der Waals surface area (Å²) in [5, 5.41) is 3.25. The molecule has 1 heterocycles. The molecule has 0 aliphatic carbocycles. The molecule has 0 amide bonds. The minimum Gasteiger partial charge on any atom is -0.314 e. The average Bonchev–Trinajstić information content (AvgIpc) is 2.38. The fourth-order valence-corrected chi connectivity index (χ4v) is 2.33. The first-order chi connectivity index (χ1) is 8.27. The molecule has 1 fully saturated rings. The molecule has 1 saturated heterocycles. The largest absolute Gasteiger partial charge is 0.314 e. The zero-order valence-corrected chi connectivity index (χ0v) is 9.78. The molecular weight excluding hydrogens is 222 g/mol. The highest BCUT2D eigenvalue weighted by Crippen LogP contribution is 2.27. The molecule has 1 aliphatic rings. The number of hydrogen-bond acceptors (Lipinski definition) is 2. The Balaban J connectivity index is 2.12. The van der Waals surface area contributed by atoms with Crippen LogP contribution in [0.4, 0.5) is 8.78 Å². The van der Waals surface area contributed by atoms with Crippen LogP contribution in [0.2, 0.25) is 0 Å². The summed E-state index contributed by atoms with van der Waals surface area (Å²) in [6.07, 6.45) is -2.33. The lowest BCUT2D eigenvalue weighted by atomic mass is 10.0. The van der Waals surface area contributed by atoms with Crippen LogP contribution in [-0.2, 0) is 0 Å². The fraction of sp³-hybridized carbons (Fsp3) is 0.538. The Morgan fingerprint density at radius 3 is 2.35 bits per heavy atom. The number of rotatable bonds is 4. The highest BCUT2D eigenvalue weighted by molar-refractivity contribution is 5.19. The topological polar surface area (TPSA) is 15.3 Å². The van der Waals surface area contributed by atoms with E-state index in [2.05, 4.69) is 10.2 Å². The Labute approximate surface area is 101 Å². The SMILES string of the molecule is FC(F)C[C@H](c1ccccc1)N1CCNCC1. The van der Waals surface area contributed by atoms with E-state index in [0.29, 0.717) is 0 Å². The molecule has 1 atom stereocenters. The van der Waals surface area contributed by atoms with Crippen LogP contribution in [-0.4, -0.2) is 37.5 Å². The second kappa shape index (κ2) is 6.07. The van der Waals surface area contributed by atoms with Gasteiger partial charge in [0, 0.05) is 38.6 Å². The van der Waals surface area contributed by atoms with Crippen molar-refractivity contribution in [1.29, 1.82) is 0 Å². The molecule has 4 heteroatoms. The van der Waals surface area contributed by atoms with Gasteiger partial charge in [0.1, 0.15) is 0 Å². The van der Waals surface area contributed by atoms with E-state index in [-0.39, 0.29) is 12.5 Å². The van der Waals surface area contributed by atoms with Crippen LogP contribution in [0.1, 0.15) is 18.0 Å².